The first-order valence-corrected chi connectivity index (χ1v) is 10.5. The van der Waals surface area contributed by atoms with Crippen molar-refractivity contribution < 1.29 is 23.5 Å². The number of hydrogen-bond acceptors (Lipinski definition) is 8. The Morgan fingerprint density at radius 2 is 1.87 bits per heavy atom. The number of fused-ring (bicyclic) bond motifs is 2. The first-order valence-electron chi connectivity index (χ1n) is 9.73. The molecular weight excluding hydrogens is 418 g/mol. The molecule has 0 aliphatic carbocycles. The Morgan fingerprint density at radius 3 is 2.58 bits per heavy atom. The van der Waals surface area contributed by atoms with Gasteiger partial charge in [-0.05, 0) is 38.1 Å². The summed E-state index contributed by atoms with van der Waals surface area (Å²) in [6.45, 7) is 5.13. The number of nitrogens with one attached hydrogen (secondary N) is 1. The van der Waals surface area contributed by atoms with Crippen LogP contribution in [0.3, 0.4) is 0 Å². The number of ether oxygens (including phenoxy) is 3. The second kappa shape index (κ2) is 7.92. The van der Waals surface area contributed by atoms with Crippen molar-refractivity contribution in [3.8, 4) is 17.2 Å². The number of carbonyl (C=O) groups excluding carboxylic acids is 1. The molecule has 5 rings (SSSR count). The van der Waals surface area contributed by atoms with Crippen molar-refractivity contribution in [2.75, 3.05) is 18.5 Å². The second-order valence-electron chi connectivity index (χ2n) is 7.05. The molecular formula is C22H19N3O5S. The van der Waals surface area contributed by atoms with Crippen molar-refractivity contribution in [1.82, 2.24) is 10.1 Å². The average Bonchev–Trinajstić information content (AvgIpc) is 3.32. The molecule has 2 aromatic heterocycles. The fraction of sp³-hybridized carbons (Fsp3) is 0.227. The van der Waals surface area contributed by atoms with Crippen molar-refractivity contribution >= 4 is 32.6 Å². The number of aromatic nitrogens is 2. The summed E-state index contributed by atoms with van der Waals surface area (Å²) in [5.41, 5.74) is 3.00. The molecule has 0 saturated heterocycles. The lowest BCUT2D eigenvalue weighted by Gasteiger charge is -2.17. The summed E-state index contributed by atoms with van der Waals surface area (Å²) in [5.74, 6) is 2.53. The highest BCUT2D eigenvalue weighted by Gasteiger charge is 2.16. The van der Waals surface area contributed by atoms with E-state index >= 15 is 0 Å². The predicted octanol–water partition coefficient (Wildman–Crippen LogP) is 4.50. The van der Waals surface area contributed by atoms with Gasteiger partial charge in [-0.3, -0.25) is 10.1 Å². The van der Waals surface area contributed by atoms with Crippen LogP contribution in [0.25, 0.3) is 10.2 Å². The van der Waals surface area contributed by atoms with Crippen LogP contribution in [0.4, 0.5) is 5.13 Å². The summed E-state index contributed by atoms with van der Waals surface area (Å²) in [6, 6.07) is 10.7. The SMILES string of the molecule is Cc1noc(C)c1COc1ccc(C(=O)Nc2nc3cc4c(cc3s2)OCCO4)cc1. The van der Waals surface area contributed by atoms with Gasteiger partial charge in [-0.15, -0.1) is 0 Å². The summed E-state index contributed by atoms with van der Waals surface area (Å²) in [5, 5.41) is 7.28. The zero-order chi connectivity index (χ0) is 21.4. The first-order chi connectivity index (χ1) is 15.1. The molecule has 1 N–H and O–H groups in total. The Morgan fingerprint density at radius 1 is 1.13 bits per heavy atom. The summed E-state index contributed by atoms with van der Waals surface area (Å²) in [4.78, 5) is 17.1. The Hall–Kier alpha value is -3.59. The van der Waals surface area contributed by atoms with Crippen LogP contribution in [0.5, 0.6) is 17.2 Å². The van der Waals surface area contributed by atoms with E-state index in [9.17, 15) is 4.79 Å². The molecule has 0 atom stereocenters. The zero-order valence-corrected chi connectivity index (χ0v) is 17.7. The average molecular weight is 437 g/mol. The van der Waals surface area contributed by atoms with Gasteiger partial charge in [0.05, 0.1) is 21.5 Å². The quantitative estimate of drug-likeness (QED) is 0.491. The highest BCUT2D eigenvalue weighted by molar-refractivity contribution is 7.22. The maximum atomic E-state index is 12.6. The smallest absolute Gasteiger partial charge is 0.257 e. The molecule has 3 heterocycles. The third-order valence-corrected chi connectivity index (χ3v) is 5.89. The molecule has 0 fully saturated rings. The van der Waals surface area contributed by atoms with Crippen LogP contribution in [0, 0.1) is 13.8 Å². The Balaban J connectivity index is 1.26. The highest BCUT2D eigenvalue weighted by Crippen LogP contribution is 2.37. The molecule has 31 heavy (non-hydrogen) atoms. The molecule has 1 aliphatic rings. The third-order valence-electron chi connectivity index (χ3n) is 4.95. The number of aryl methyl sites for hydroxylation is 2. The lowest BCUT2D eigenvalue weighted by molar-refractivity contribution is 0.102. The van der Waals surface area contributed by atoms with Crippen molar-refractivity contribution in [3.63, 3.8) is 0 Å². The molecule has 0 unspecified atom stereocenters. The van der Waals surface area contributed by atoms with Crippen LogP contribution in [0.1, 0.15) is 27.4 Å². The highest BCUT2D eigenvalue weighted by atomic mass is 32.1. The van der Waals surface area contributed by atoms with E-state index in [1.807, 2.05) is 26.0 Å². The van der Waals surface area contributed by atoms with E-state index in [2.05, 4.69) is 15.5 Å². The van der Waals surface area contributed by atoms with E-state index in [0.29, 0.717) is 47.8 Å². The van der Waals surface area contributed by atoms with Gasteiger partial charge in [0.1, 0.15) is 31.3 Å². The molecule has 0 bridgehead atoms. The van der Waals surface area contributed by atoms with Crippen molar-refractivity contribution in [3.05, 3.63) is 59.0 Å². The number of carbonyl (C=O) groups is 1. The fourth-order valence-corrected chi connectivity index (χ4v) is 4.12. The van der Waals surface area contributed by atoms with Crippen LogP contribution in [-0.4, -0.2) is 29.3 Å². The molecule has 158 valence electrons. The van der Waals surface area contributed by atoms with Gasteiger partial charge in [0, 0.05) is 17.7 Å². The normalized spacial score (nSPS) is 12.7. The van der Waals surface area contributed by atoms with E-state index < -0.39 is 0 Å². The molecule has 2 aromatic carbocycles. The number of anilines is 1. The van der Waals surface area contributed by atoms with Gasteiger partial charge in [-0.1, -0.05) is 16.5 Å². The van der Waals surface area contributed by atoms with E-state index in [0.717, 1.165) is 27.2 Å². The van der Waals surface area contributed by atoms with Gasteiger partial charge in [0.15, 0.2) is 16.6 Å². The van der Waals surface area contributed by atoms with Gasteiger partial charge in [0.25, 0.3) is 5.91 Å². The number of hydrogen-bond donors (Lipinski definition) is 1. The minimum atomic E-state index is -0.242. The van der Waals surface area contributed by atoms with E-state index in [-0.39, 0.29) is 5.91 Å². The van der Waals surface area contributed by atoms with Crippen molar-refractivity contribution in [2.24, 2.45) is 0 Å². The number of benzene rings is 2. The Kier molecular flexibility index (Phi) is 4.95. The summed E-state index contributed by atoms with van der Waals surface area (Å²) in [7, 11) is 0. The Labute approximate surface area is 181 Å². The van der Waals surface area contributed by atoms with Gasteiger partial charge in [0.2, 0.25) is 0 Å². The Bertz CT molecular complexity index is 1200. The van der Waals surface area contributed by atoms with E-state index in [1.54, 1.807) is 24.3 Å². The van der Waals surface area contributed by atoms with Crippen molar-refractivity contribution in [1.29, 1.82) is 0 Å². The maximum absolute atomic E-state index is 12.6. The molecule has 4 aromatic rings. The van der Waals surface area contributed by atoms with Gasteiger partial charge < -0.3 is 18.7 Å². The summed E-state index contributed by atoms with van der Waals surface area (Å²) in [6.07, 6.45) is 0. The summed E-state index contributed by atoms with van der Waals surface area (Å²) >= 11 is 1.39. The van der Waals surface area contributed by atoms with Crippen LogP contribution in [0.15, 0.2) is 40.9 Å². The lowest BCUT2D eigenvalue weighted by Crippen LogP contribution is -2.15. The molecule has 0 spiro atoms. The predicted molar refractivity (Wildman–Crippen MR) is 115 cm³/mol. The van der Waals surface area contributed by atoms with E-state index in [4.69, 9.17) is 18.7 Å². The van der Waals surface area contributed by atoms with Gasteiger partial charge >= 0.3 is 0 Å². The molecule has 9 heteroatoms. The second-order valence-corrected chi connectivity index (χ2v) is 8.08. The monoisotopic (exact) mass is 437 g/mol. The number of thiazole rings is 1. The lowest BCUT2D eigenvalue weighted by atomic mass is 10.2. The van der Waals surface area contributed by atoms with Crippen molar-refractivity contribution in [2.45, 2.75) is 20.5 Å². The van der Waals surface area contributed by atoms with Gasteiger partial charge in [-0.25, -0.2) is 4.98 Å². The number of nitrogens with zero attached hydrogens (tertiary/aromatic N) is 2. The topological polar surface area (TPSA) is 95.7 Å². The van der Waals surface area contributed by atoms with Crippen LogP contribution >= 0.6 is 11.3 Å². The number of amides is 1. The summed E-state index contributed by atoms with van der Waals surface area (Å²) < 4.78 is 23.0. The van der Waals surface area contributed by atoms with Crippen LogP contribution < -0.4 is 19.5 Å². The largest absolute Gasteiger partial charge is 0.489 e. The van der Waals surface area contributed by atoms with Gasteiger partial charge in [-0.2, -0.15) is 0 Å². The van der Waals surface area contributed by atoms with Crippen LogP contribution in [0.2, 0.25) is 0 Å². The zero-order valence-electron chi connectivity index (χ0n) is 16.9. The molecule has 1 aliphatic heterocycles. The third kappa shape index (κ3) is 3.91. The fourth-order valence-electron chi connectivity index (χ4n) is 3.25. The maximum Gasteiger partial charge on any atom is 0.257 e. The first kappa shape index (κ1) is 19.4. The number of rotatable bonds is 5. The minimum absolute atomic E-state index is 0.242. The molecule has 0 saturated carbocycles. The van der Waals surface area contributed by atoms with E-state index in [1.165, 1.54) is 11.3 Å². The molecule has 1 amide bonds. The van der Waals surface area contributed by atoms with Crippen LogP contribution in [-0.2, 0) is 6.61 Å². The standard InChI is InChI=1S/C22H19N3O5S/c1-12-16(13(2)30-25-12)11-29-15-5-3-14(4-6-15)21(26)24-22-23-17-9-18-19(10-20(17)31-22)28-8-7-27-18/h3-6,9-10H,7-8,11H2,1-2H3,(H,23,24,26). The molecule has 0 radical (unpaired) electrons. The minimum Gasteiger partial charge on any atom is -0.489 e. The molecule has 8 nitrogen and oxygen atoms in total.